The molecule has 2 saturated carbocycles. The molecule has 0 bridgehead atoms. The molecule has 1 aromatic heterocycles. The summed E-state index contributed by atoms with van der Waals surface area (Å²) in [4.78, 5) is 12.2. The maximum atomic E-state index is 12.2. The van der Waals surface area contributed by atoms with Gasteiger partial charge in [0.2, 0.25) is 0 Å². The van der Waals surface area contributed by atoms with E-state index in [-0.39, 0.29) is 11.6 Å². The van der Waals surface area contributed by atoms with E-state index in [0.717, 1.165) is 44.3 Å². The number of nitrogens with one attached hydrogen (secondary N) is 1. The Bertz CT molecular complexity index is 743. The number of rotatable bonds is 6. The first-order chi connectivity index (χ1) is 12.3. The van der Waals surface area contributed by atoms with Gasteiger partial charge in [-0.3, -0.25) is 4.79 Å². The summed E-state index contributed by atoms with van der Waals surface area (Å²) in [7, 11) is 0. The average molecular weight is 337 g/mol. The molecule has 0 saturated heterocycles. The van der Waals surface area contributed by atoms with Crippen LogP contribution in [0.25, 0.3) is 0 Å². The molecule has 0 radical (unpaired) electrons. The first-order valence-electron chi connectivity index (χ1n) is 9.66. The van der Waals surface area contributed by atoms with Crippen molar-refractivity contribution in [2.45, 2.75) is 62.9 Å². The zero-order valence-electron chi connectivity index (χ0n) is 14.7. The van der Waals surface area contributed by atoms with Gasteiger partial charge in [0.1, 0.15) is 0 Å². The molecule has 1 aromatic carbocycles. The Morgan fingerprint density at radius 2 is 1.72 bits per heavy atom. The second-order valence-electron chi connectivity index (χ2n) is 7.51. The highest BCUT2D eigenvalue weighted by Gasteiger charge is 2.28. The molecule has 4 rings (SSSR count). The molecule has 2 fully saturated rings. The van der Waals surface area contributed by atoms with Crippen molar-refractivity contribution in [1.82, 2.24) is 15.1 Å². The Hall–Kier alpha value is -1.94. The lowest BCUT2D eigenvalue weighted by Gasteiger charge is -2.29. The average Bonchev–Trinajstić information content (AvgIpc) is 3.49. The zero-order valence-corrected chi connectivity index (χ0v) is 14.7. The maximum Gasteiger partial charge on any atom is 0.267 e. The van der Waals surface area contributed by atoms with Gasteiger partial charge < -0.3 is 5.32 Å². The van der Waals surface area contributed by atoms with E-state index in [2.05, 4.69) is 40.7 Å². The van der Waals surface area contributed by atoms with Crippen molar-refractivity contribution in [2.24, 2.45) is 0 Å². The van der Waals surface area contributed by atoms with E-state index in [1.165, 1.54) is 18.4 Å². The van der Waals surface area contributed by atoms with Gasteiger partial charge in [-0.2, -0.15) is 5.10 Å². The first-order valence-corrected chi connectivity index (χ1v) is 9.66. The van der Waals surface area contributed by atoms with Crippen LogP contribution in [-0.2, 0) is 6.42 Å². The molecular formula is C21H27N3O. The van der Waals surface area contributed by atoms with E-state index in [4.69, 9.17) is 0 Å². The fraction of sp³-hybridized carbons (Fsp3) is 0.524. The predicted octanol–water partition coefficient (Wildman–Crippen LogP) is 3.44. The summed E-state index contributed by atoms with van der Waals surface area (Å²) in [6, 6.07) is 15.1. The smallest absolute Gasteiger partial charge is 0.267 e. The van der Waals surface area contributed by atoms with Gasteiger partial charge in [0.25, 0.3) is 5.56 Å². The largest absolute Gasteiger partial charge is 0.314 e. The fourth-order valence-electron chi connectivity index (χ4n) is 3.89. The first kappa shape index (κ1) is 16.5. The van der Waals surface area contributed by atoms with Crippen LogP contribution < -0.4 is 10.9 Å². The van der Waals surface area contributed by atoms with E-state index in [0.29, 0.717) is 12.0 Å². The van der Waals surface area contributed by atoms with E-state index in [1.807, 2.05) is 6.07 Å². The minimum Gasteiger partial charge on any atom is -0.314 e. The van der Waals surface area contributed by atoms with Crippen LogP contribution in [0.2, 0.25) is 0 Å². The summed E-state index contributed by atoms with van der Waals surface area (Å²) < 4.78 is 1.77. The van der Waals surface area contributed by atoms with Crippen LogP contribution in [0, 0.1) is 0 Å². The maximum absolute atomic E-state index is 12.2. The molecule has 0 spiro atoms. The van der Waals surface area contributed by atoms with Gasteiger partial charge in [-0.25, -0.2) is 4.68 Å². The number of hydrogen-bond acceptors (Lipinski definition) is 3. The Balaban J connectivity index is 1.28. The van der Waals surface area contributed by atoms with Gasteiger partial charge in [-0.05, 0) is 63.1 Å². The summed E-state index contributed by atoms with van der Waals surface area (Å²) in [5.41, 5.74) is 2.56. The third-order valence-electron chi connectivity index (χ3n) is 5.57. The lowest BCUT2D eigenvalue weighted by molar-refractivity contribution is 0.269. The Labute approximate surface area is 149 Å². The standard InChI is InChI=1S/C21H27N3O/c25-21-13-12-20(17-6-7-17)23-24(21)19-10-8-18(9-11-19)22-15-14-16-4-2-1-3-5-16/h1-5,12-13,17-19,22H,6-11,14-15H2. The molecule has 2 aliphatic rings. The summed E-state index contributed by atoms with van der Waals surface area (Å²) in [6.45, 7) is 1.02. The molecule has 4 nitrogen and oxygen atoms in total. The second kappa shape index (κ2) is 7.52. The highest BCUT2D eigenvalue weighted by Crippen LogP contribution is 2.38. The molecule has 0 unspecified atom stereocenters. The van der Waals surface area contributed by atoms with Gasteiger partial charge in [-0.15, -0.1) is 0 Å². The topological polar surface area (TPSA) is 46.9 Å². The molecule has 25 heavy (non-hydrogen) atoms. The van der Waals surface area contributed by atoms with Gasteiger partial charge >= 0.3 is 0 Å². The number of hydrogen-bond donors (Lipinski definition) is 1. The lowest BCUT2D eigenvalue weighted by atomic mass is 9.91. The van der Waals surface area contributed by atoms with Crippen molar-refractivity contribution >= 4 is 0 Å². The van der Waals surface area contributed by atoms with Crippen LogP contribution >= 0.6 is 0 Å². The Morgan fingerprint density at radius 1 is 0.960 bits per heavy atom. The molecule has 1 heterocycles. The molecule has 1 N–H and O–H groups in total. The van der Waals surface area contributed by atoms with Gasteiger partial charge in [0, 0.05) is 18.0 Å². The van der Waals surface area contributed by atoms with Crippen molar-refractivity contribution < 1.29 is 0 Å². The van der Waals surface area contributed by atoms with Crippen LogP contribution in [0.3, 0.4) is 0 Å². The summed E-state index contributed by atoms with van der Waals surface area (Å²) in [6.07, 6.45) is 7.87. The van der Waals surface area contributed by atoms with E-state index < -0.39 is 0 Å². The third-order valence-corrected chi connectivity index (χ3v) is 5.57. The molecule has 132 valence electrons. The normalized spacial score (nSPS) is 23.5. The quantitative estimate of drug-likeness (QED) is 0.878. The SMILES string of the molecule is O=c1ccc(C2CC2)nn1C1CCC(NCCc2ccccc2)CC1. The van der Waals surface area contributed by atoms with Crippen LogP contribution in [0.1, 0.15) is 61.7 Å². The second-order valence-corrected chi connectivity index (χ2v) is 7.51. The van der Waals surface area contributed by atoms with Crippen molar-refractivity contribution in [1.29, 1.82) is 0 Å². The minimum absolute atomic E-state index is 0.0601. The number of aromatic nitrogens is 2. The number of benzene rings is 1. The van der Waals surface area contributed by atoms with Crippen LogP contribution in [0.4, 0.5) is 0 Å². The molecule has 2 aliphatic carbocycles. The van der Waals surface area contributed by atoms with E-state index in [9.17, 15) is 4.79 Å². The summed E-state index contributed by atoms with van der Waals surface area (Å²) in [5.74, 6) is 0.600. The molecule has 0 amide bonds. The summed E-state index contributed by atoms with van der Waals surface area (Å²) in [5, 5.41) is 8.36. The lowest BCUT2D eigenvalue weighted by Crippen LogP contribution is -2.37. The van der Waals surface area contributed by atoms with Gasteiger partial charge in [-0.1, -0.05) is 30.3 Å². The van der Waals surface area contributed by atoms with Crippen LogP contribution in [0.5, 0.6) is 0 Å². The highest BCUT2D eigenvalue weighted by molar-refractivity contribution is 5.15. The monoisotopic (exact) mass is 337 g/mol. The van der Waals surface area contributed by atoms with Crippen LogP contribution in [0.15, 0.2) is 47.3 Å². The van der Waals surface area contributed by atoms with Crippen molar-refractivity contribution in [2.75, 3.05) is 6.54 Å². The van der Waals surface area contributed by atoms with Crippen molar-refractivity contribution in [3.8, 4) is 0 Å². The summed E-state index contributed by atoms with van der Waals surface area (Å²) >= 11 is 0. The molecular weight excluding hydrogens is 310 g/mol. The van der Waals surface area contributed by atoms with E-state index >= 15 is 0 Å². The van der Waals surface area contributed by atoms with E-state index in [1.54, 1.807) is 10.7 Å². The Kier molecular flexibility index (Phi) is 4.97. The van der Waals surface area contributed by atoms with Crippen molar-refractivity contribution in [3.63, 3.8) is 0 Å². The van der Waals surface area contributed by atoms with Gasteiger partial charge in [0.15, 0.2) is 0 Å². The molecule has 0 aliphatic heterocycles. The molecule has 2 aromatic rings. The predicted molar refractivity (Wildman–Crippen MR) is 99.9 cm³/mol. The number of nitrogens with zero attached hydrogens (tertiary/aromatic N) is 2. The third kappa shape index (κ3) is 4.18. The minimum atomic E-state index is 0.0601. The molecule has 0 atom stereocenters. The Morgan fingerprint density at radius 3 is 2.44 bits per heavy atom. The zero-order chi connectivity index (χ0) is 17.1. The van der Waals surface area contributed by atoms with Gasteiger partial charge in [0.05, 0.1) is 11.7 Å². The van der Waals surface area contributed by atoms with Crippen LogP contribution in [-0.4, -0.2) is 22.4 Å². The van der Waals surface area contributed by atoms with Crippen molar-refractivity contribution in [3.05, 3.63) is 64.1 Å². The highest BCUT2D eigenvalue weighted by atomic mass is 16.1. The molecule has 4 heteroatoms. The fourth-order valence-corrected chi connectivity index (χ4v) is 3.89.